The number of hydrogen-bond donors (Lipinski definition) is 0. The number of ether oxygens (including phenoxy) is 1. The Labute approximate surface area is 115 Å². The molecule has 0 amide bonds. The number of rotatable bonds is 8. The average molecular weight is 370 g/mol. The summed E-state index contributed by atoms with van der Waals surface area (Å²) < 4.78 is 133. The van der Waals surface area contributed by atoms with Crippen LogP contribution < -0.4 is 0 Å². The first kappa shape index (κ1) is 20.4. The Morgan fingerprint density at radius 3 is 1.43 bits per heavy atom. The SMILES string of the molecule is CC(F)(F)CC(F)(F)OC(F)(CS(=O)(=O)F)CS(=O)(=O)F. The summed E-state index contributed by atoms with van der Waals surface area (Å²) in [6.45, 7) is -0.0258. The average Bonchev–Trinajstić information content (AvgIpc) is 1.83. The lowest BCUT2D eigenvalue weighted by molar-refractivity contribution is -0.334. The van der Waals surface area contributed by atoms with Crippen LogP contribution in [0.5, 0.6) is 0 Å². The largest absolute Gasteiger partial charge is 0.364 e. The molecular weight excluding hydrogens is 361 g/mol. The van der Waals surface area contributed by atoms with Crippen LogP contribution in [0.1, 0.15) is 13.3 Å². The molecule has 0 aliphatic heterocycles. The minimum Gasteiger partial charge on any atom is -0.280 e. The maximum Gasteiger partial charge on any atom is 0.364 e. The second kappa shape index (κ2) is 5.87. The van der Waals surface area contributed by atoms with Crippen LogP contribution in [-0.2, 0) is 25.2 Å². The molecule has 128 valence electrons. The van der Waals surface area contributed by atoms with Crippen LogP contribution in [0.25, 0.3) is 0 Å². The van der Waals surface area contributed by atoms with Gasteiger partial charge in [0.25, 0.3) is 5.92 Å². The van der Waals surface area contributed by atoms with Gasteiger partial charge in [-0.25, -0.2) is 13.2 Å². The monoisotopic (exact) mass is 370 g/mol. The minimum atomic E-state index is -5.92. The van der Waals surface area contributed by atoms with Crippen molar-refractivity contribution in [3.63, 3.8) is 0 Å². The van der Waals surface area contributed by atoms with Crippen LogP contribution in [0.4, 0.5) is 29.7 Å². The van der Waals surface area contributed by atoms with Crippen LogP contribution in [0.3, 0.4) is 0 Å². The van der Waals surface area contributed by atoms with E-state index < -0.39 is 56.3 Å². The fourth-order valence-corrected chi connectivity index (χ4v) is 2.76. The molecule has 0 spiro atoms. The van der Waals surface area contributed by atoms with Gasteiger partial charge in [-0.05, 0) is 6.92 Å². The second-order valence-corrected chi connectivity index (χ2v) is 6.97. The Bertz CT molecular complexity index is 531. The van der Waals surface area contributed by atoms with Gasteiger partial charge >= 0.3 is 26.6 Å². The highest BCUT2D eigenvalue weighted by Gasteiger charge is 2.52. The van der Waals surface area contributed by atoms with E-state index in [4.69, 9.17) is 0 Å². The number of hydrogen-bond acceptors (Lipinski definition) is 5. The summed E-state index contributed by atoms with van der Waals surface area (Å²) in [7, 11) is -11.8. The Morgan fingerprint density at radius 1 is 0.857 bits per heavy atom. The number of halogens is 7. The van der Waals surface area contributed by atoms with Gasteiger partial charge in [-0.1, -0.05) is 0 Å². The topological polar surface area (TPSA) is 77.5 Å². The zero-order chi connectivity index (χ0) is 17.3. The van der Waals surface area contributed by atoms with Gasteiger partial charge in [-0.3, -0.25) is 4.74 Å². The zero-order valence-electron chi connectivity index (χ0n) is 10.1. The van der Waals surface area contributed by atoms with Crippen molar-refractivity contribution in [3.05, 3.63) is 0 Å². The Kier molecular flexibility index (Phi) is 5.69. The standard InChI is InChI=1S/C7H9F7O5S2/c1-5(8,9)2-7(11,12)19-6(10,3-20(13,15)16)4-21(14,17)18/h2-4H2,1H3. The fourth-order valence-electron chi connectivity index (χ4n) is 1.28. The molecule has 0 aromatic rings. The van der Waals surface area contributed by atoms with Gasteiger partial charge in [0.05, 0.1) is 0 Å². The highest BCUT2D eigenvalue weighted by atomic mass is 32.3. The molecule has 0 N–H and O–H groups in total. The molecule has 0 unspecified atom stereocenters. The second-order valence-electron chi connectivity index (χ2n) is 4.24. The first-order chi connectivity index (χ1) is 8.83. The van der Waals surface area contributed by atoms with Gasteiger partial charge in [0.15, 0.2) is 0 Å². The zero-order valence-corrected chi connectivity index (χ0v) is 11.8. The van der Waals surface area contributed by atoms with Crippen molar-refractivity contribution >= 4 is 20.4 Å². The van der Waals surface area contributed by atoms with E-state index in [1.807, 2.05) is 0 Å². The van der Waals surface area contributed by atoms with Crippen LogP contribution in [0.2, 0.25) is 0 Å². The maximum absolute atomic E-state index is 13.7. The van der Waals surface area contributed by atoms with E-state index in [-0.39, 0.29) is 6.92 Å². The van der Waals surface area contributed by atoms with E-state index in [1.165, 1.54) is 0 Å². The molecule has 0 aromatic carbocycles. The molecule has 0 aliphatic rings. The van der Waals surface area contributed by atoms with Crippen LogP contribution in [0, 0.1) is 0 Å². The van der Waals surface area contributed by atoms with Gasteiger partial charge in [0.1, 0.15) is 17.9 Å². The molecule has 0 heterocycles. The molecule has 14 heteroatoms. The van der Waals surface area contributed by atoms with E-state index in [0.717, 1.165) is 0 Å². The van der Waals surface area contributed by atoms with E-state index in [9.17, 15) is 46.6 Å². The molecule has 0 saturated heterocycles. The molecular formula is C7H9F7O5S2. The smallest absolute Gasteiger partial charge is 0.280 e. The normalized spacial score (nSPS) is 15.2. The fraction of sp³-hybridized carbons (Fsp3) is 1.00. The third-order valence-electron chi connectivity index (χ3n) is 1.62. The van der Waals surface area contributed by atoms with E-state index in [1.54, 1.807) is 0 Å². The predicted molar refractivity (Wildman–Crippen MR) is 54.9 cm³/mol. The summed E-state index contributed by atoms with van der Waals surface area (Å²) in [5, 5.41) is 0. The lowest BCUT2D eigenvalue weighted by Crippen LogP contribution is -2.47. The maximum atomic E-state index is 13.7. The van der Waals surface area contributed by atoms with Gasteiger partial charge in [-0.2, -0.15) is 25.6 Å². The molecule has 0 radical (unpaired) electrons. The summed E-state index contributed by atoms with van der Waals surface area (Å²) >= 11 is 0. The Hall–Kier alpha value is -0.630. The molecule has 0 atom stereocenters. The minimum absolute atomic E-state index is 0.0258. The summed E-state index contributed by atoms with van der Waals surface area (Å²) in [5.41, 5.74) is 0. The lowest BCUT2D eigenvalue weighted by Gasteiger charge is -2.28. The van der Waals surface area contributed by atoms with Gasteiger partial charge < -0.3 is 0 Å². The summed E-state index contributed by atoms with van der Waals surface area (Å²) in [6, 6.07) is 0. The first-order valence-corrected chi connectivity index (χ1v) is 7.93. The summed E-state index contributed by atoms with van der Waals surface area (Å²) in [6.07, 6.45) is -7.55. The molecule has 0 rings (SSSR count). The van der Waals surface area contributed by atoms with Crippen molar-refractivity contribution in [2.24, 2.45) is 0 Å². The van der Waals surface area contributed by atoms with Crippen molar-refractivity contribution in [3.8, 4) is 0 Å². The van der Waals surface area contributed by atoms with Crippen molar-refractivity contribution in [2.75, 3.05) is 11.5 Å². The molecule has 0 aliphatic carbocycles. The Balaban J connectivity index is 5.43. The summed E-state index contributed by atoms with van der Waals surface area (Å²) in [5.74, 6) is -13.9. The molecule has 21 heavy (non-hydrogen) atoms. The van der Waals surface area contributed by atoms with E-state index >= 15 is 0 Å². The van der Waals surface area contributed by atoms with Crippen molar-refractivity contribution in [1.82, 2.24) is 0 Å². The van der Waals surface area contributed by atoms with Crippen molar-refractivity contribution < 1.29 is 51.3 Å². The lowest BCUT2D eigenvalue weighted by atomic mass is 10.2. The van der Waals surface area contributed by atoms with Gasteiger partial charge in [0.2, 0.25) is 5.85 Å². The van der Waals surface area contributed by atoms with Gasteiger partial charge in [0, 0.05) is 0 Å². The van der Waals surface area contributed by atoms with Crippen LogP contribution in [0.15, 0.2) is 0 Å². The van der Waals surface area contributed by atoms with E-state index in [2.05, 4.69) is 4.74 Å². The number of alkyl halides is 5. The third-order valence-corrected chi connectivity index (χ3v) is 3.18. The highest BCUT2D eigenvalue weighted by molar-refractivity contribution is 7.87. The quantitative estimate of drug-likeness (QED) is 0.482. The third kappa shape index (κ3) is 10.7. The highest BCUT2D eigenvalue weighted by Crippen LogP contribution is 2.36. The van der Waals surface area contributed by atoms with Crippen LogP contribution in [-0.4, -0.2) is 46.2 Å². The van der Waals surface area contributed by atoms with Crippen LogP contribution >= 0.6 is 0 Å². The summed E-state index contributed by atoms with van der Waals surface area (Å²) in [4.78, 5) is 0. The molecule has 0 fully saturated rings. The molecule has 0 saturated carbocycles. The predicted octanol–water partition coefficient (Wildman–Crippen LogP) is 1.91. The van der Waals surface area contributed by atoms with Crippen molar-refractivity contribution in [2.45, 2.75) is 31.2 Å². The molecule has 0 aromatic heterocycles. The van der Waals surface area contributed by atoms with E-state index in [0.29, 0.717) is 0 Å². The van der Waals surface area contributed by atoms with Crippen molar-refractivity contribution in [1.29, 1.82) is 0 Å². The van der Waals surface area contributed by atoms with Gasteiger partial charge in [-0.15, -0.1) is 7.77 Å². The molecule has 5 nitrogen and oxygen atoms in total. The Morgan fingerprint density at radius 2 is 1.19 bits per heavy atom. The molecule has 0 bridgehead atoms. The first-order valence-electron chi connectivity index (χ1n) is 4.82.